The van der Waals surface area contributed by atoms with E-state index in [2.05, 4.69) is 21.9 Å². The number of hydrogen-bond acceptors (Lipinski definition) is 4. The van der Waals surface area contributed by atoms with Gasteiger partial charge < -0.3 is 5.32 Å². The molecule has 0 fully saturated rings. The molecule has 1 aromatic heterocycles. The Kier molecular flexibility index (Phi) is 5.11. The highest BCUT2D eigenvalue weighted by Gasteiger charge is 2.03. The van der Waals surface area contributed by atoms with Crippen LogP contribution in [0, 0.1) is 13.8 Å². The third-order valence-corrected chi connectivity index (χ3v) is 4.03. The Balaban J connectivity index is 1.86. The van der Waals surface area contributed by atoms with Gasteiger partial charge in [0.1, 0.15) is 0 Å². The van der Waals surface area contributed by atoms with E-state index in [0.717, 1.165) is 21.8 Å². The predicted octanol–water partition coefficient (Wildman–Crippen LogP) is 3.32. The molecule has 0 unspecified atom stereocenters. The summed E-state index contributed by atoms with van der Waals surface area (Å²) in [5, 5.41) is 9.21. The predicted molar refractivity (Wildman–Crippen MR) is 89.1 cm³/mol. The van der Waals surface area contributed by atoms with Crippen LogP contribution in [0.3, 0.4) is 0 Å². The molecule has 4 nitrogen and oxygen atoms in total. The average Bonchev–Trinajstić information content (AvgIpc) is 2.98. The molecular formula is C16H19N3OS. The maximum absolute atomic E-state index is 11.8. The number of anilines is 1. The molecule has 0 radical (unpaired) electrons. The Morgan fingerprint density at radius 1 is 1.29 bits per heavy atom. The quantitative estimate of drug-likeness (QED) is 0.657. The Morgan fingerprint density at radius 2 is 2.10 bits per heavy atom. The van der Waals surface area contributed by atoms with Crippen LogP contribution in [0.2, 0.25) is 0 Å². The molecular weight excluding hydrogens is 282 g/mol. The first kappa shape index (κ1) is 15.3. The summed E-state index contributed by atoms with van der Waals surface area (Å²) in [7, 11) is 0. The summed E-state index contributed by atoms with van der Waals surface area (Å²) in [5.41, 5.74) is 6.68. The summed E-state index contributed by atoms with van der Waals surface area (Å²) in [5.74, 6) is -0.161. The first-order valence-corrected chi connectivity index (χ1v) is 7.62. The van der Waals surface area contributed by atoms with Gasteiger partial charge in [-0.25, -0.2) is 5.43 Å². The van der Waals surface area contributed by atoms with Crippen LogP contribution in [0.1, 0.15) is 22.9 Å². The number of thiophene rings is 1. The summed E-state index contributed by atoms with van der Waals surface area (Å²) in [6.45, 7) is 6.15. The zero-order valence-corrected chi connectivity index (χ0v) is 13.3. The van der Waals surface area contributed by atoms with Gasteiger partial charge in [0, 0.05) is 10.6 Å². The van der Waals surface area contributed by atoms with Crippen molar-refractivity contribution in [1.29, 1.82) is 0 Å². The molecule has 21 heavy (non-hydrogen) atoms. The van der Waals surface area contributed by atoms with Gasteiger partial charge in [0.05, 0.1) is 12.3 Å². The standard InChI is InChI=1S/C16H19N3OS/c1-11-6-7-14(12(2)9-11)17-10-16(20)19-18-13(3)15-5-4-8-21-15/h4-9,17H,10H2,1-3H3,(H,19,20)/b18-13+. The van der Waals surface area contributed by atoms with E-state index in [1.165, 1.54) is 5.56 Å². The molecule has 110 valence electrons. The van der Waals surface area contributed by atoms with Crippen LogP contribution in [-0.2, 0) is 4.79 Å². The molecule has 1 heterocycles. The van der Waals surface area contributed by atoms with E-state index in [4.69, 9.17) is 0 Å². The second-order valence-electron chi connectivity index (χ2n) is 4.88. The number of nitrogens with zero attached hydrogens (tertiary/aromatic N) is 1. The Labute approximate surface area is 128 Å². The van der Waals surface area contributed by atoms with Gasteiger partial charge in [-0.05, 0) is 43.8 Å². The van der Waals surface area contributed by atoms with E-state index in [9.17, 15) is 4.79 Å². The third-order valence-electron chi connectivity index (χ3n) is 3.05. The van der Waals surface area contributed by atoms with Gasteiger partial charge in [0.15, 0.2) is 0 Å². The van der Waals surface area contributed by atoms with Crippen molar-refractivity contribution < 1.29 is 4.79 Å². The van der Waals surface area contributed by atoms with Gasteiger partial charge in [-0.2, -0.15) is 5.10 Å². The van der Waals surface area contributed by atoms with Crippen molar-refractivity contribution in [2.75, 3.05) is 11.9 Å². The zero-order chi connectivity index (χ0) is 15.2. The number of carbonyl (C=O) groups excluding carboxylic acids is 1. The molecule has 0 bridgehead atoms. The van der Waals surface area contributed by atoms with E-state index in [1.807, 2.05) is 50.4 Å². The Morgan fingerprint density at radius 3 is 2.76 bits per heavy atom. The number of benzene rings is 1. The summed E-state index contributed by atoms with van der Waals surface area (Å²) in [6, 6.07) is 10.0. The normalized spacial score (nSPS) is 11.3. The number of carbonyl (C=O) groups is 1. The summed E-state index contributed by atoms with van der Waals surface area (Å²) >= 11 is 1.60. The van der Waals surface area contributed by atoms with Gasteiger partial charge in [-0.15, -0.1) is 11.3 Å². The molecule has 2 aromatic rings. The number of aryl methyl sites for hydroxylation is 2. The van der Waals surface area contributed by atoms with Crippen LogP contribution in [0.4, 0.5) is 5.69 Å². The molecule has 0 aliphatic rings. The lowest BCUT2D eigenvalue weighted by Gasteiger charge is -2.09. The van der Waals surface area contributed by atoms with Crippen LogP contribution >= 0.6 is 11.3 Å². The van der Waals surface area contributed by atoms with Crippen LogP contribution < -0.4 is 10.7 Å². The fourth-order valence-corrected chi connectivity index (χ4v) is 2.59. The lowest BCUT2D eigenvalue weighted by atomic mass is 10.1. The topological polar surface area (TPSA) is 53.5 Å². The second-order valence-corrected chi connectivity index (χ2v) is 5.83. The molecule has 0 aliphatic carbocycles. The lowest BCUT2D eigenvalue weighted by molar-refractivity contribution is -0.119. The zero-order valence-electron chi connectivity index (χ0n) is 12.4. The summed E-state index contributed by atoms with van der Waals surface area (Å²) in [6.07, 6.45) is 0. The van der Waals surface area contributed by atoms with Gasteiger partial charge in [0.25, 0.3) is 5.91 Å². The highest BCUT2D eigenvalue weighted by Crippen LogP contribution is 2.15. The fourth-order valence-electron chi connectivity index (χ4n) is 1.91. The van der Waals surface area contributed by atoms with E-state index < -0.39 is 0 Å². The van der Waals surface area contributed by atoms with Gasteiger partial charge >= 0.3 is 0 Å². The first-order chi connectivity index (χ1) is 10.1. The van der Waals surface area contributed by atoms with Crippen molar-refractivity contribution in [3.8, 4) is 0 Å². The highest BCUT2D eigenvalue weighted by atomic mass is 32.1. The third kappa shape index (κ3) is 4.43. The van der Waals surface area contributed by atoms with Crippen LogP contribution in [0.15, 0.2) is 40.8 Å². The highest BCUT2D eigenvalue weighted by molar-refractivity contribution is 7.12. The van der Waals surface area contributed by atoms with Gasteiger partial charge in [-0.3, -0.25) is 4.79 Å². The van der Waals surface area contributed by atoms with Crippen LogP contribution in [0.25, 0.3) is 0 Å². The maximum Gasteiger partial charge on any atom is 0.259 e. The lowest BCUT2D eigenvalue weighted by Crippen LogP contribution is -2.26. The fraction of sp³-hybridized carbons (Fsp3) is 0.250. The van der Waals surface area contributed by atoms with Crippen molar-refractivity contribution in [3.63, 3.8) is 0 Å². The minimum atomic E-state index is -0.161. The average molecular weight is 301 g/mol. The maximum atomic E-state index is 11.8. The molecule has 1 aromatic carbocycles. The monoisotopic (exact) mass is 301 g/mol. The summed E-state index contributed by atoms with van der Waals surface area (Å²) < 4.78 is 0. The van der Waals surface area contributed by atoms with Gasteiger partial charge in [0.2, 0.25) is 0 Å². The van der Waals surface area contributed by atoms with Crippen molar-refractivity contribution in [2.45, 2.75) is 20.8 Å². The summed E-state index contributed by atoms with van der Waals surface area (Å²) in [4.78, 5) is 12.8. The van der Waals surface area contributed by atoms with Crippen molar-refractivity contribution in [2.24, 2.45) is 5.10 Å². The van der Waals surface area contributed by atoms with Crippen LogP contribution in [-0.4, -0.2) is 18.2 Å². The molecule has 2 N–H and O–H groups in total. The number of hydrogen-bond donors (Lipinski definition) is 2. The van der Waals surface area contributed by atoms with Crippen LogP contribution in [0.5, 0.6) is 0 Å². The molecule has 0 aliphatic heterocycles. The molecule has 0 saturated heterocycles. The number of amides is 1. The SMILES string of the molecule is C/C(=N\NC(=O)CNc1ccc(C)cc1C)c1cccs1. The van der Waals surface area contributed by atoms with Crippen molar-refractivity contribution >= 4 is 28.6 Å². The second kappa shape index (κ2) is 7.04. The molecule has 0 atom stereocenters. The molecule has 0 spiro atoms. The minimum absolute atomic E-state index is 0.161. The van der Waals surface area contributed by atoms with Crippen molar-refractivity contribution in [1.82, 2.24) is 5.43 Å². The molecule has 2 rings (SSSR count). The van der Waals surface area contributed by atoms with E-state index in [-0.39, 0.29) is 12.5 Å². The molecule has 1 amide bonds. The van der Waals surface area contributed by atoms with Crippen molar-refractivity contribution in [3.05, 3.63) is 51.7 Å². The van der Waals surface area contributed by atoms with E-state index in [0.29, 0.717) is 0 Å². The molecule has 0 saturated carbocycles. The minimum Gasteiger partial charge on any atom is -0.376 e. The van der Waals surface area contributed by atoms with E-state index in [1.54, 1.807) is 11.3 Å². The molecule has 5 heteroatoms. The van der Waals surface area contributed by atoms with Gasteiger partial charge in [-0.1, -0.05) is 23.8 Å². The first-order valence-electron chi connectivity index (χ1n) is 6.74. The Bertz CT molecular complexity index is 648. The number of nitrogens with one attached hydrogen (secondary N) is 2. The van der Waals surface area contributed by atoms with E-state index >= 15 is 0 Å². The largest absolute Gasteiger partial charge is 0.376 e. The smallest absolute Gasteiger partial charge is 0.259 e. The number of rotatable bonds is 5. The Hall–Kier alpha value is -2.14. The number of hydrazone groups is 1.